The zero-order valence-electron chi connectivity index (χ0n) is 13.8. The van der Waals surface area contributed by atoms with Crippen LogP contribution in [0.2, 0.25) is 0 Å². The molecule has 3 fully saturated rings. The van der Waals surface area contributed by atoms with Crippen LogP contribution in [0.25, 0.3) is 0 Å². The molecule has 0 spiro atoms. The first-order valence-corrected chi connectivity index (χ1v) is 9.61. The molecule has 23 heavy (non-hydrogen) atoms. The monoisotopic (exact) mass is 336 g/mol. The van der Waals surface area contributed by atoms with Gasteiger partial charge in [0.25, 0.3) is 0 Å². The van der Waals surface area contributed by atoms with Crippen molar-refractivity contribution in [3.63, 3.8) is 0 Å². The van der Waals surface area contributed by atoms with Gasteiger partial charge in [-0.15, -0.1) is 10.2 Å². The molecular formula is C16H24N4O2S. The molecule has 0 aromatic carbocycles. The number of carbonyl (C=O) groups is 1. The van der Waals surface area contributed by atoms with Gasteiger partial charge in [0.15, 0.2) is 5.16 Å². The molecule has 1 aliphatic heterocycles. The van der Waals surface area contributed by atoms with Gasteiger partial charge in [-0.3, -0.25) is 4.79 Å². The second-order valence-electron chi connectivity index (χ2n) is 7.06. The number of aromatic nitrogens is 3. The maximum absolute atomic E-state index is 12.5. The molecule has 1 aromatic heterocycles. The molecule has 1 amide bonds. The lowest BCUT2D eigenvalue weighted by molar-refractivity contribution is -0.140. The molecule has 126 valence electrons. The number of carbonyl (C=O) groups excluding carboxylic acids is 1. The predicted octanol–water partition coefficient (Wildman–Crippen LogP) is 2.22. The van der Waals surface area contributed by atoms with Crippen LogP contribution in [0, 0.1) is 0 Å². The molecule has 6 nitrogen and oxygen atoms in total. The molecule has 1 saturated heterocycles. The Labute approximate surface area is 141 Å². The van der Waals surface area contributed by atoms with E-state index < -0.39 is 0 Å². The number of nitrogens with zero attached hydrogens (tertiary/aromatic N) is 4. The first-order valence-electron chi connectivity index (χ1n) is 8.62. The standard InChI is InChI=1S/C16H24N4O2S/c1-10-7-19(8-11(2)22-10)14(21)9-23-16-18-17-15(12-3-4-12)20(16)13-5-6-13/h10-13H,3-9H2,1-2H3/t10-,11+. The largest absolute Gasteiger partial charge is 0.372 e. The second kappa shape index (κ2) is 6.09. The van der Waals surface area contributed by atoms with Gasteiger partial charge in [0, 0.05) is 25.0 Å². The lowest BCUT2D eigenvalue weighted by Gasteiger charge is -2.35. The molecule has 2 atom stereocenters. The van der Waals surface area contributed by atoms with Gasteiger partial charge in [0.2, 0.25) is 5.91 Å². The Balaban J connectivity index is 1.40. The van der Waals surface area contributed by atoms with Crippen LogP contribution in [0.3, 0.4) is 0 Å². The van der Waals surface area contributed by atoms with Gasteiger partial charge in [-0.25, -0.2) is 0 Å². The van der Waals surface area contributed by atoms with Crippen LogP contribution < -0.4 is 0 Å². The van der Waals surface area contributed by atoms with Gasteiger partial charge in [-0.1, -0.05) is 11.8 Å². The smallest absolute Gasteiger partial charge is 0.233 e. The predicted molar refractivity (Wildman–Crippen MR) is 87.6 cm³/mol. The highest BCUT2D eigenvalue weighted by molar-refractivity contribution is 7.99. The highest BCUT2D eigenvalue weighted by atomic mass is 32.2. The summed E-state index contributed by atoms with van der Waals surface area (Å²) < 4.78 is 8.00. The lowest BCUT2D eigenvalue weighted by Crippen LogP contribution is -2.48. The maximum atomic E-state index is 12.5. The van der Waals surface area contributed by atoms with Crippen molar-refractivity contribution in [2.45, 2.75) is 68.9 Å². The summed E-state index contributed by atoms with van der Waals surface area (Å²) in [5.74, 6) is 2.37. The molecule has 3 aliphatic rings. The van der Waals surface area contributed by atoms with Gasteiger partial charge in [-0.2, -0.15) is 0 Å². The van der Waals surface area contributed by atoms with Crippen LogP contribution in [0.15, 0.2) is 5.16 Å². The molecule has 0 radical (unpaired) electrons. The summed E-state index contributed by atoms with van der Waals surface area (Å²) in [5, 5.41) is 9.70. The highest BCUT2D eigenvalue weighted by Crippen LogP contribution is 2.46. The highest BCUT2D eigenvalue weighted by Gasteiger charge is 2.36. The van der Waals surface area contributed by atoms with Crippen LogP contribution >= 0.6 is 11.8 Å². The molecule has 0 bridgehead atoms. The molecular weight excluding hydrogens is 312 g/mol. The third kappa shape index (κ3) is 3.40. The van der Waals surface area contributed by atoms with Crippen LogP contribution in [0.5, 0.6) is 0 Å². The summed E-state index contributed by atoms with van der Waals surface area (Å²) >= 11 is 1.54. The van der Waals surface area contributed by atoms with E-state index in [9.17, 15) is 4.79 Å². The van der Waals surface area contributed by atoms with Crippen LogP contribution in [-0.4, -0.2) is 56.6 Å². The van der Waals surface area contributed by atoms with Gasteiger partial charge in [0.05, 0.1) is 18.0 Å². The van der Waals surface area contributed by atoms with Crippen LogP contribution in [-0.2, 0) is 9.53 Å². The van der Waals surface area contributed by atoms with Crippen molar-refractivity contribution in [3.05, 3.63) is 5.82 Å². The summed E-state index contributed by atoms with van der Waals surface area (Å²) in [6.45, 7) is 5.42. The average molecular weight is 336 g/mol. The summed E-state index contributed by atoms with van der Waals surface area (Å²) in [5.41, 5.74) is 0. The summed E-state index contributed by atoms with van der Waals surface area (Å²) in [6.07, 6.45) is 5.14. The quantitative estimate of drug-likeness (QED) is 0.772. The molecule has 4 rings (SSSR count). The average Bonchev–Trinajstić information content (AvgIpc) is 3.42. The Morgan fingerprint density at radius 1 is 1.17 bits per heavy atom. The number of thioether (sulfide) groups is 1. The van der Waals surface area contributed by atoms with E-state index in [0.29, 0.717) is 30.8 Å². The maximum Gasteiger partial charge on any atom is 0.233 e. The molecule has 2 aliphatic carbocycles. The zero-order chi connectivity index (χ0) is 16.0. The van der Waals surface area contributed by atoms with E-state index in [1.807, 2.05) is 18.7 Å². The van der Waals surface area contributed by atoms with Crippen molar-refractivity contribution >= 4 is 17.7 Å². The minimum atomic E-state index is 0.115. The third-order valence-electron chi connectivity index (χ3n) is 4.64. The summed E-state index contributed by atoms with van der Waals surface area (Å²) in [7, 11) is 0. The van der Waals surface area contributed by atoms with Crippen molar-refractivity contribution in [1.29, 1.82) is 0 Å². The molecule has 1 aromatic rings. The van der Waals surface area contributed by atoms with Crippen LogP contribution in [0.4, 0.5) is 0 Å². The van der Waals surface area contributed by atoms with E-state index in [1.165, 1.54) is 25.7 Å². The SMILES string of the molecule is C[C@@H]1CN(C(=O)CSc2nnc(C3CC3)n2C2CC2)C[C@H](C)O1. The fraction of sp³-hybridized carbons (Fsp3) is 0.812. The van der Waals surface area contributed by atoms with Crippen LogP contribution in [0.1, 0.15) is 57.3 Å². The van der Waals surface area contributed by atoms with Crippen molar-refractivity contribution in [1.82, 2.24) is 19.7 Å². The topological polar surface area (TPSA) is 60.2 Å². The number of morpholine rings is 1. The minimum absolute atomic E-state index is 0.115. The van der Waals surface area contributed by atoms with Gasteiger partial charge >= 0.3 is 0 Å². The van der Waals surface area contributed by atoms with Gasteiger partial charge in [-0.05, 0) is 39.5 Å². The van der Waals surface area contributed by atoms with E-state index in [1.54, 1.807) is 11.8 Å². The van der Waals surface area contributed by atoms with E-state index in [4.69, 9.17) is 4.74 Å². The number of amides is 1. The molecule has 0 unspecified atom stereocenters. The summed E-state index contributed by atoms with van der Waals surface area (Å²) in [6, 6.07) is 0.571. The Kier molecular flexibility index (Phi) is 4.09. The van der Waals surface area contributed by atoms with E-state index in [2.05, 4.69) is 14.8 Å². The molecule has 2 saturated carbocycles. The fourth-order valence-electron chi connectivity index (χ4n) is 3.28. The number of hydrogen-bond donors (Lipinski definition) is 0. The van der Waals surface area contributed by atoms with E-state index in [-0.39, 0.29) is 18.1 Å². The Morgan fingerprint density at radius 3 is 2.48 bits per heavy atom. The first-order chi connectivity index (χ1) is 11.1. The van der Waals surface area contributed by atoms with Crippen molar-refractivity contribution in [2.24, 2.45) is 0 Å². The fourth-order valence-corrected chi connectivity index (χ4v) is 4.20. The van der Waals surface area contributed by atoms with Crippen molar-refractivity contribution in [3.8, 4) is 0 Å². The Bertz CT molecular complexity index is 587. The van der Waals surface area contributed by atoms with Crippen molar-refractivity contribution < 1.29 is 9.53 Å². The first kappa shape index (κ1) is 15.4. The Morgan fingerprint density at radius 2 is 1.87 bits per heavy atom. The van der Waals surface area contributed by atoms with Crippen molar-refractivity contribution in [2.75, 3.05) is 18.8 Å². The Hall–Kier alpha value is -1.08. The minimum Gasteiger partial charge on any atom is -0.372 e. The molecule has 7 heteroatoms. The normalized spacial score (nSPS) is 28.2. The van der Waals surface area contributed by atoms with E-state index >= 15 is 0 Å². The third-order valence-corrected chi connectivity index (χ3v) is 5.57. The molecule has 2 heterocycles. The number of hydrogen-bond acceptors (Lipinski definition) is 5. The van der Waals surface area contributed by atoms with E-state index in [0.717, 1.165) is 11.0 Å². The van der Waals surface area contributed by atoms with Gasteiger partial charge in [0.1, 0.15) is 5.82 Å². The summed E-state index contributed by atoms with van der Waals surface area (Å²) in [4.78, 5) is 14.4. The molecule has 0 N–H and O–H groups in total. The van der Waals surface area contributed by atoms with Gasteiger partial charge < -0.3 is 14.2 Å². The second-order valence-corrected chi connectivity index (χ2v) is 8.00. The number of ether oxygens (including phenoxy) is 1. The zero-order valence-corrected chi connectivity index (χ0v) is 14.6. The lowest BCUT2D eigenvalue weighted by atomic mass is 10.2. The number of rotatable bonds is 5.